The summed E-state index contributed by atoms with van der Waals surface area (Å²) in [5, 5.41) is 12.2. The summed E-state index contributed by atoms with van der Waals surface area (Å²) in [6.45, 7) is 19.9. The monoisotopic (exact) mass is 1200 g/mol. The third-order valence-electron chi connectivity index (χ3n) is 16.8. The van der Waals surface area contributed by atoms with Crippen LogP contribution in [0, 0.1) is 63.0 Å². The van der Waals surface area contributed by atoms with Crippen molar-refractivity contribution in [2.75, 3.05) is 50.2 Å². The van der Waals surface area contributed by atoms with Crippen molar-refractivity contribution in [3.05, 3.63) is 184 Å². The molecule has 88 heavy (non-hydrogen) atoms. The number of likely N-dealkylation sites (N-methyl/N-ethyl adjacent to an activating group) is 2. The molecule has 0 aliphatic carbocycles. The van der Waals surface area contributed by atoms with Crippen LogP contribution in [0.25, 0.3) is 0 Å². The molecule has 0 spiro atoms. The summed E-state index contributed by atoms with van der Waals surface area (Å²) in [7, 11) is 3.40. The van der Waals surface area contributed by atoms with Crippen molar-refractivity contribution in [1.82, 2.24) is 31.2 Å². The second-order valence-electron chi connectivity index (χ2n) is 24.3. The second-order valence-corrected chi connectivity index (χ2v) is 24.3. The molecule has 2 aliphatic rings. The highest BCUT2D eigenvalue weighted by molar-refractivity contribution is 6.03. The fourth-order valence-corrected chi connectivity index (χ4v) is 11.9. The molecule has 0 saturated carbocycles. The molecule has 4 aromatic carbocycles. The minimum absolute atomic E-state index is 0.0424. The number of anilines is 2. The van der Waals surface area contributed by atoms with E-state index >= 15 is 0 Å². The van der Waals surface area contributed by atoms with Crippen LogP contribution in [0.1, 0.15) is 121 Å². The lowest BCUT2D eigenvalue weighted by molar-refractivity contribution is -0.128. The number of nitrogens with one attached hydrogen (secondary N) is 6. The number of fused-ring (bicyclic) bond motifs is 2. The Labute approximate surface area is 514 Å². The van der Waals surface area contributed by atoms with Gasteiger partial charge in [-0.3, -0.25) is 28.8 Å². The third-order valence-corrected chi connectivity index (χ3v) is 16.8. The van der Waals surface area contributed by atoms with Gasteiger partial charge in [-0.1, -0.05) is 65.8 Å². The molecule has 6 aromatic rings. The van der Waals surface area contributed by atoms with Crippen molar-refractivity contribution in [3.8, 4) is 35.2 Å². The molecule has 4 heterocycles. The zero-order chi connectivity index (χ0) is 63.8. The lowest BCUT2D eigenvalue weighted by atomic mass is 9.91. The van der Waals surface area contributed by atoms with Crippen LogP contribution in [0.15, 0.2) is 94.5 Å². The Morgan fingerprint density at radius 2 is 0.898 bits per heavy atom. The van der Waals surface area contributed by atoms with Gasteiger partial charge in [-0.25, -0.2) is 8.78 Å². The summed E-state index contributed by atoms with van der Waals surface area (Å²) < 4.78 is 39.6. The van der Waals surface area contributed by atoms with Crippen molar-refractivity contribution in [1.29, 1.82) is 0 Å². The van der Waals surface area contributed by atoms with Crippen LogP contribution in [-0.2, 0) is 55.7 Å². The van der Waals surface area contributed by atoms with Crippen LogP contribution in [0.2, 0.25) is 0 Å². The van der Waals surface area contributed by atoms with Gasteiger partial charge in [-0.15, -0.1) is 0 Å². The lowest BCUT2D eigenvalue weighted by Gasteiger charge is -2.28. The molecule has 0 fully saturated rings. The van der Waals surface area contributed by atoms with E-state index in [4.69, 9.17) is 9.47 Å². The lowest BCUT2D eigenvalue weighted by Crippen LogP contribution is -2.54. The Kier molecular flexibility index (Phi) is 20.6. The number of hydrogen-bond donors (Lipinski definition) is 6. The van der Waals surface area contributed by atoms with E-state index in [9.17, 15) is 37.5 Å². The van der Waals surface area contributed by atoms with Crippen molar-refractivity contribution >= 4 is 35.0 Å². The fourth-order valence-electron chi connectivity index (χ4n) is 11.9. The van der Waals surface area contributed by atoms with E-state index < -0.39 is 35.0 Å². The van der Waals surface area contributed by atoms with E-state index in [1.54, 1.807) is 60.3 Å². The van der Waals surface area contributed by atoms with Crippen molar-refractivity contribution in [3.63, 3.8) is 0 Å². The molecular formula is C70H80F2N8O8. The molecule has 0 bridgehead atoms. The summed E-state index contributed by atoms with van der Waals surface area (Å²) in [5.41, 5.74) is 8.03. The number of amides is 4. The van der Waals surface area contributed by atoms with Gasteiger partial charge in [0.05, 0.1) is 23.5 Å². The van der Waals surface area contributed by atoms with Crippen LogP contribution in [0.3, 0.4) is 0 Å². The summed E-state index contributed by atoms with van der Waals surface area (Å²) >= 11 is 0. The topological polar surface area (TPSA) is 207 Å². The van der Waals surface area contributed by atoms with Gasteiger partial charge in [-0.2, -0.15) is 0 Å². The zero-order valence-electron chi connectivity index (χ0n) is 52.4. The normalized spacial score (nSPS) is 14.9. The number of aryl methyl sites for hydroxylation is 4. The van der Waals surface area contributed by atoms with Crippen LogP contribution in [-0.4, -0.2) is 98.2 Å². The van der Waals surface area contributed by atoms with Gasteiger partial charge in [0.25, 0.3) is 11.1 Å². The van der Waals surface area contributed by atoms with Gasteiger partial charge >= 0.3 is 0 Å². The number of hydrogen-bond acceptors (Lipinski definition) is 10. The number of benzene rings is 4. The quantitative estimate of drug-likeness (QED) is 0.0362. The molecule has 2 aliphatic heterocycles. The van der Waals surface area contributed by atoms with Crippen LogP contribution >= 0.6 is 0 Å². The van der Waals surface area contributed by atoms with Crippen LogP contribution < -0.4 is 51.7 Å². The Morgan fingerprint density at radius 1 is 0.557 bits per heavy atom. The van der Waals surface area contributed by atoms with Crippen molar-refractivity contribution < 1.29 is 37.4 Å². The molecule has 4 amide bonds. The number of H-pyrrole nitrogens is 2. The highest BCUT2D eigenvalue weighted by Gasteiger charge is 2.44. The number of carbonyl (C=O) groups excluding carboxylic acids is 4. The smallest absolute Gasteiger partial charge is 0.251 e. The maximum absolute atomic E-state index is 14.9. The van der Waals surface area contributed by atoms with Gasteiger partial charge in [0.2, 0.25) is 23.6 Å². The third kappa shape index (κ3) is 15.1. The fraction of sp³-hybridized carbons (Fsp3) is 0.400. The summed E-state index contributed by atoms with van der Waals surface area (Å²) in [5.74, 6) is 10.6. The van der Waals surface area contributed by atoms with E-state index in [1.807, 2.05) is 93.5 Å². The predicted octanol–water partition coefficient (Wildman–Crippen LogP) is 7.92. The minimum Gasteiger partial charge on any atom is -0.481 e. The highest BCUT2D eigenvalue weighted by Crippen LogP contribution is 2.41. The molecule has 16 nitrogen and oxygen atoms in total. The Morgan fingerprint density at radius 3 is 1.22 bits per heavy atom. The minimum atomic E-state index is -0.969. The highest BCUT2D eigenvalue weighted by atomic mass is 19.1. The molecule has 4 atom stereocenters. The van der Waals surface area contributed by atoms with E-state index in [1.165, 1.54) is 24.3 Å². The number of halogens is 2. The van der Waals surface area contributed by atoms with Crippen molar-refractivity contribution in [2.45, 2.75) is 143 Å². The Bertz CT molecular complexity index is 3560. The SMILES string of the molecule is CC[C@H](NC)C(=O)N[C@@H](Cc1c(C)cc(OCC#CC#CCOc2cc(C)c(C[C@H](NC(=O)[C@H](CC)NC)C(=O)N3CC(C)(C)c4[nH]c(=O)c(Cc5ccc(F)cc5)cc43)c(C)c2)cc1C)C(=O)N1CC(C)(C)c2[nH]c(=O)c(Cc3ccc(F)cc3)cc21. The first-order valence-corrected chi connectivity index (χ1v) is 29.9. The molecule has 0 radical (unpaired) electrons. The first kappa shape index (κ1) is 65.1. The van der Waals surface area contributed by atoms with Crippen LogP contribution in [0.4, 0.5) is 20.2 Å². The first-order valence-electron chi connectivity index (χ1n) is 29.9. The molecule has 8 rings (SSSR count). The molecule has 2 aromatic heterocycles. The average Bonchev–Trinajstić information content (AvgIpc) is 1.87. The van der Waals surface area contributed by atoms with Crippen molar-refractivity contribution in [2.24, 2.45) is 0 Å². The maximum Gasteiger partial charge on any atom is 0.251 e. The standard InChI is InChI=1S/C70H80F2N8O8/c1-13-55(73-11)65(83)75-57(67(85)79-39-69(7,8)61-59(79)35-47(63(81)77-61)33-45-19-23-49(71)24-20-45)37-53-41(3)29-51(30-42(53)4)87-27-17-15-16-18-28-88-52-31-43(5)54(44(6)32-52)38-58(76-66(84)56(14-2)74-12)68(86)80-40-70(9,10)62-60(80)36-48(64(82)78-62)34-46-21-25-50(72)26-22-46/h19-26,29-32,35-36,55-58,73-74H,13-14,27-28,33-34,37-40H2,1-12H3,(H,75,83)(H,76,84)(H,77,81)(H,78,82)/t55-,56-,57-,58-/m0/s1. The van der Waals surface area contributed by atoms with Gasteiger partial charge in [0, 0.05) is 72.1 Å². The van der Waals surface area contributed by atoms with Gasteiger partial charge in [-0.05, 0) is 183 Å². The maximum atomic E-state index is 14.9. The number of carbonyl (C=O) groups is 4. The molecule has 0 saturated heterocycles. The van der Waals surface area contributed by atoms with Crippen LogP contribution in [0.5, 0.6) is 11.5 Å². The number of nitrogens with zero attached hydrogens (tertiary/aromatic N) is 2. The van der Waals surface area contributed by atoms with Gasteiger partial charge < -0.3 is 50.5 Å². The molecule has 18 heteroatoms. The zero-order valence-corrected chi connectivity index (χ0v) is 52.4. The number of ether oxygens (including phenoxy) is 2. The number of aromatic nitrogens is 2. The van der Waals surface area contributed by atoms with E-state index in [2.05, 4.69) is 54.9 Å². The number of aromatic amines is 2. The summed E-state index contributed by atoms with van der Waals surface area (Å²) in [4.78, 5) is 93.4. The average molecular weight is 1200 g/mol. The Hall–Kier alpha value is -8.84. The summed E-state index contributed by atoms with van der Waals surface area (Å²) in [6, 6.07) is 19.9. The molecule has 462 valence electrons. The first-order chi connectivity index (χ1) is 41.8. The predicted molar refractivity (Wildman–Crippen MR) is 339 cm³/mol. The second kappa shape index (κ2) is 27.9. The van der Waals surface area contributed by atoms with E-state index in [0.29, 0.717) is 58.2 Å². The van der Waals surface area contributed by atoms with Gasteiger partial charge in [0.15, 0.2) is 0 Å². The molecule has 6 N–H and O–H groups in total. The number of rotatable bonds is 22. The Balaban J connectivity index is 0.915. The van der Waals surface area contributed by atoms with E-state index in [-0.39, 0.29) is 98.4 Å². The summed E-state index contributed by atoms with van der Waals surface area (Å²) in [6.07, 6.45) is 1.83. The largest absolute Gasteiger partial charge is 0.481 e. The number of pyridine rings is 2. The molecule has 0 unspecified atom stereocenters. The molecular weight excluding hydrogens is 1120 g/mol. The van der Waals surface area contributed by atoms with Gasteiger partial charge in [0.1, 0.15) is 48.4 Å². The van der Waals surface area contributed by atoms with E-state index in [0.717, 1.165) is 44.5 Å².